The zero-order valence-electron chi connectivity index (χ0n) is 7.08. The van der Waals surface area contributed by atoms with Crippen LogP contribution in [0.1, 0.15) is 0 Å². The molecule has 1 aromatic carbocycles. The Labute approximate surface area is 91.6 Å². The Hall–Kier alpha value is -1.12. The number of nitrogens with zero attached hydrogens (tertiary/aromatic N) is 1. The number of halogens is 2. The van der Waals surface area contributed by atoms with Crippen LogP contribution in [0.4, 0.5) is 0 Å². The van der Waals surface area contributed by atoms with Crippen LogP contribution in [0.2, 0.25) is 10.0 Å². The molecule has 2 aromatic rings. The fourth-order valence-corrected chi connectivity index (χ4v) is 1.31. The highest BCUT2D eigenvalue weighted by Gasteiger charge is 2.03. The SMILES string of the molecule is Clc1ccc(Cl)c(On2c[c]cc2)c1. The lowest BCUT2D eigenvalue weighted by Gasteiger charge is -2.07. The Bertz CT molecular complexity index is 426. The normalized spacial score (nSPS) is 10.1. The van der Waals surface area contributed by atoms with Crippen LogP contribution in [-0.2, 0) is 0 Å². The van der Waals surface area contributed by atoms with Gasteiger partial charge in [-0.25, -0.2) is 0 Å². The van der Waals surface area contributed by atoms with Gasteiger partial charge in [0.1, 0.15) is 0 Å². The van der Waals surface area contributed by atoms with Crippen molar-refractivity contribution in [1.82, 2.24) is 4.73 Å². The van der Waals surface area contributed by atoms with E-state index >= 15 is 0 Å². The van der Waals surface area contributed by atoms with E-state index < -0.39 is 0 Å². The van der Waals surface area contributed by atoms with Crippen molar-refractivity contribution >= 4 is 23.2 Å². The Morgan fingerprint density at radius 3 is 2.86 bits per heavy atom. The topological polar surface area (TPSA) is 14.2 Å². The Morgan fingerprint density at radius 1 is 1.29 bits per heavy atom. The lowest BCUT2D eigenvalue weighted by Crippen LogP contribution is -2.01. The first-order chi connectivity index (χ1) is 6.75. The molecular formula is C10H6Cl2NO. The predicted molar refractivity (Wildman–Crippen MR) is 55.8 cm³/mol. The number of hydrogen-bond donors (Lipinski definition) is 0. The fourth-order valence-electron chi connectivity index (χ4n) is 0.994. The highest BCUT2D eigenvalue weighted by atomic mass is 35.5. The van der Waals surface area contributed by atoms with Gasteiger partial charge >= 0.3 is 0 Å². The van der Waals surface area contributed by atoms with Gasteiger partial charge in [-0.05, 0) is 18.2 Å². The van der Waals surface area contributed by atoms with Crippen molar-refractivity contribution in [2.75, 3.05) is 0 Å². The number of hydrogen-bond acceptors (Lipinski definition) is 1. The van der Waals surface area contributed by atoms with Crippen molar-refractivity contribution in [2.24, 2.45) is 0 Å². The summed E-state index contributed by atoms with van der Waals surface area (Å²) in [5.41, 5.74) is 0. The highest BCUT2D eigenvalue weighted by Crippen LogP contribution is 2.27. The molecule has 0 aliphatic carbocycles. The fraction of sp³-hybridized carbons (Fsp3) is 0. The van der Waals surface area contributed by atoms with Gasteiger partial charge in [-0.3, -0.25) is 0 Å². The molecule has 0 fully saturated rings. The first-order valence-electron chi connectivity index (χ1n) is 3.93. The van der Waals surface area contributed by atoms with Gasteiger partial charge in [0.2, 0.25) is 0 Å². The second-order valence-electron chi connectivity index (χ2n) is 2.64. The summed E-state index contributed by atoms with van der Waals surface area (Å²) in [5.74, 6) is 0.517. The van der Waals surface area contributed by atoms with Gasteiger partial charge < -0.3 is 4.84 Å². The van der Waals surface area contributed by atoms with Crippen LogP contribution in [-0.4, -0.2) is 4.73 Å². The van der Waals surface area contributed by atoms with E-state index in [1.165, 1.54) is 4.73 Å². The first kappa shape index (κ1) is 9.44. The van der Waals surface area contributed by atoms with E-state index in [1.54, 1.807) is 36.7 Å². The van der Waals surface area contributed by atoms with E-state index in [4.69, 9.17) is 28.0 Å². The molecule has 0 aliphatic heterocycles. The molecule has 0 atom stereocenters. The Morgan fingerprint density at radius 2 is 2.14 bits per heavy atom. The molecule has 2 nitrogen and oxygen atoms in total. The van der Waals surface area contributed by atoms with Crippen LogP contribution in [0.25, 0.3) is 0 Å². The summed E-state index contributed by atoms with van der Waals surface area (Å²) < 4.78 is 1.50. The third kappa shape index (κ3) is 2.03. The molecule has 0 saturated heterocycles. The van der Waals surface area contributed by atoms with Gasteiger partial charge in [0, 0.05) is 23.4 Å². The average molecular weight is 227 g/mol. The molecule has 1 aromatic heterocycles. The second-order valence-corrected chi connectivity index (χ2v) is 3.48. The van der Waals surface area contributed by atoms with Crippen molar-refractivity contribution < 1.29 is 4.84 Å². The van der Waals surface area contributed by atoms with Crippen LogP contribution >= 0.6 is 23.2 Å². The maximum atomic E-state index is 5.91. The van der Waals surface area contributed by atoms with Crippen molar-refractivity contribution in [3.63, 3.8) is 0 Å². The predicted octanol–water partition coefficient (Wildman–Crippen LogP) is 3.44. The summed E-state index contributed by atoms with van der Waals surface area (Å²) in [6.07, 6.45) is 3.37. The van der Waals surface area contributed by atoms with E-state index in [-0.39, 0.29) is 0 Å². The third-order valence-corrected chi connectivity index (χ3v) is 2.16. The molecule has 0 saturated carbocycles. The van der Waals surface area contributed by atoms with E-state index in [9.17, 15) is 0 Å². The molecule has 1 radical (unpaired) electrons. The van der Waals surface area contributed by atoms with Crippen LogP contribution in [0.15, 0.2) is 36.7 Å². The quantitative estimate of drug-likeness (QED) is 0.766. The zero-order chi connectivity index (χ0) is 9.97. The lowest BCUT2D eigenvalue weighted by molar-refractivity contribution is 0.217. The minimum absolute atomic E-state index is 0.517. The van der Waals surface area contributed by atoms with E-state index in [2.05, 4.69) is 6.07 Å². The van der Waals surface area contributed by atoms with Crippen molar-refractivity contribution in [3.05, 3.63) is 52.8 Å². The molecule has 0 unspecified atom stereocenters. The number of benzene rings is 1. The molecule has 1 heterocycles. The van der Waals surface area contributed by atoms with Crippen molar-refractivity contribution in [1.29, 1.82) is 0 Å². The molecule has 0 N–H and O–H groups in total. The number of rotatable bonds is 2. The van der Waals surface area contributed by atoms with Crippen molar-refractivity contribution in [3.8, 4) is 5.75 Å². The molecule has 0 amide bonds. The molecule has 4 heteroatoms. The maximum Gasteiger partial charge on any atom is 0.175 e. The van der Waals surface area contributed by atoms with Crippen LogP contribution in [0.3, 0.4) is 0 Å². The summed E-state index contributed by atoms with van der Waals surface area (Å²) in [4.78, 5) is 5.40. The molecule has 2 rings (SSSR count). The van der Waals surface area contributed by atoms with Gasteiger partial charge in [-0.15, -0.1) is 0 Å². The minimum Gasteiger partial charge on any atom is -0.374 e. The van der Waals surface area contributed by atoms with Crippen LogP contribution < -0.4 is 4.84 Å². The highest BCUT2D eigenvalue weighted by molar-refractivity contribution is 6.34. The third-order valence-electron chi connectivity index (χ3n) is 1.62. The van der Waals surface area contributed by atoms with Gasteiger partial charge in [0.05, 0.1) is 11.2 Å². The lowest BCUT2D eigenvalue weighted by atomic mass is 10.3. The standard InChI is InChI=1S/C10H6Cl2NO/c11-8-3-4-9(12)10(7-8)14-13-5-1-2-6-13/h1,3-7H. The van der Waals surface area contributed by atoms with Crippen LogP contribution in [0, 0.1) is 6.07 Å². The van der Waals surface area contributed by atoms with Crippen molar-refractivity contribution in [2.45, 2.75) is 0 Å². The summed E-state index contributed by atoms with van der Waals surface area (Å²) in [5, 5.41) is 1.10. The molecule has 0 aliphatic rings. The molecule has 14 heavy (non-hydrogen) atoms. The monoisotopic (exact) mass is 226 g/mol. The van der Waals surface area contributed by atoms with Gasteiger partial charge in [-0.2, -0.15) is 4.73 Å². The van der Waals surface area contributed by atoms with E-state index in [0.29, 0.717) is 15.8 Å². The van der Waals surface area contributed by atoms with Crippen LogP contribution in [0.5, 0.6) is 5.75 Å². The second kappa shape index (κ2) is 3.95. The summed E-state index contributed by atoms with van der Waals surface area (Å²) in [6.45, 7) is 0. The van der Waals surface area contributed by atoms with Gasteiger partial charge in [-0.1, -0.05) is 23.2 Å². The Kier molecular flexibility index (Phi) is 2.66. The largest absolute Gasteiger partial charge is 0.374 e. The van der Waals surface area contributed by atoms with Gasteiger partial charge in [0.15, 0.2) is 5.75 Å². The Balaban J connectivity index is 2.28. The molecule has 0 spiro atoms. The summed E-state index contributed by atoms with van der Waals surface area (Å²) in [6, 6.07) is 9.63. The molecule has 0 bridgehead atoms. The van der Waals surface area contributed by atoms with E-state index in [0.717, 1.165) is 0 Å². The molecular weight excluding hydrogens is 221 g/mol. The zero-order valence-corrected chi connectivity index (χ0v) is 8.59. The molecule has 71 valence electrons. The summed E-state index contributed by atoms with van der Waals surface area (Å²) in [7, 11) is 0. The number of aromatic nitrogens is 1. The first-order valence-corrected chi connectivity index (χ1v) is 4.69. The maximum absolute atomic E-state index is 5.91. The smallest absolute Gasteiger partial charge is 0.175 e. The average Bonchev–Trinajstić information content (AvgIpc) is 2.64. The van der Waals surface area contributed by atoms with E-state index in [1.807, 2.05) is 0 Å². The van der Waals surface area contributed by atoms with Gasteiger partial charge in [0.25, 0.3) is 0 Å². The minimum atomic E-state index is 0.517. The summed E-state index contributed by atoms with van der Waals surface area (Å²) >= 11 is 11.7.